The van der Waals surface area contributed by atoms with Crippen LogP contribution in [0.3, 0.4) is 0 Å². The highest BCUT2D eigenvalue weighted by molar-refractivity contribution is 6.32. The van der Waals surface area contributed by atoms with Gasteiger partial charge in [0.1, 0.15) is 17.0 Å². The number of halogens is 3. The molecule has 1 aliphatic heterocycles. The number of benzene rings is 1. The SMILES string of the molecule is CC(C)CCNc1nc(-c2ccc(OCC(=O)N3CCN(C(=O)OC(C)(C)C)CC3)c(Cl)c2)c2c(n1)C(F)(F)CC2. The van der Waals surface area contributed by atoms with Crippen molar-refractivity contribution < 1.29 is 27.8 Å². The van der Waals surface area contributed by atoms with Crippen molar-refractivity contribution in [3.63, 3.8) is 0 Å². The zero-order chi connectivity index (χ0) is 29.9. The van der Waals surface area contributed by atoms with Gasteiger partial charge in [0, 0.05) is 50.3 Å². The Bertz CT molecular complexity index is 1280. The highest BCUT2D eigenvalue weighted by Crippen LogP contribution is 2.44. The van der Waals surface area contributed by atoms with Gasteiger partial charge in [0.25, 0.3) is 11.8 Å². The molecule has 1 aliphatic carbocycles. The zero-order valence-corrected chi connectivity index (χ0v) is 25.0. The fourth-order valence-corrected chi connectivity index (χ4v) is 4.91. The molecule has 224 valence electrons. The quantitative estimate of drug-likeness (QED) is 0.416. The Morgan fingerprint density at radius 1 is 1.12 bits per heavy atom. The lowest BCUT2D eigenvalue weighted by Crippen LogP contribution is -2.52. The van der Waals surface area contributed by atoms with Gasteiger partial charge < -0.3 is 24.6 Å². The summed E-state index contributed by atoms with van der Waals surface area (Å²) in [5.41, 5.74) is 0.554. The Kier molecular flexibility index (Phi) is 9.25. The molecule has 1 aromatic carbocycles. The first-order chi connectivity index (χ1) is 19.2. The first-order valence-electron chi connectivity index (χ1n) is 13.9. The number of anilines is 1. The smallest absolute Gasteiger partial charge is 0.410 e. The third-order valence-corrected chi connectivity index (χ3v) is 7.18. The summed E-state index contributed by atoms with van der Waals surface area (Å²) >= 11 is 6.51. The second kappa shape index (κ2) is 12.3. The van der Waals surface area contributed by atoms with E-state index in [9.17, 15) is 18.4 Å². The summed E-state index contributed by atoms with van der Waals surface area (Å²) in [5, 5.41) is 3.31. The molecular weight excluding hydrogens is 556 g/mol. The van der Waals surface area contributed by atoms with E-state index < -0.39 is 17.6 Å². The average molecular weight is 594 g/mol. The predicted molar refractivity (Wildman–Crippen MR) is 153 cm³/mol. The molecule has 0 spiro atoms. The number of hydrogen-bond donors (Lipinski definition) is 1. The van der Waals surface area contributed by atoms with Crippen molar-refractivity contribution in [3.8, 4) is 17.0 Å². The van der Waals surface area contributed by atoms with Crippen LogP contribution in [0.2, 0.25) is 5.02 Å². The number of aromatic nitrogens is 2. The van der Waals surface area contributed by atoms with Crippen molar-refractivity contribution in [1.82, 2.24) is 19.8 Å². The third-order valence-electron chi connectivity index (χ3n) is 6.89. The van der Waals surface area contributed by atoms with Gasteiger partial charge in [0.15, 0.2) is 6.61 Å². The number of nitrogens with zero attached hydrogens (tertiary/aromatic N) is 4. The molecule has 0 bridgehead atoms. The molecule has 9 nitrogen and oxygen atoms in total. The van der Waals surface area contributed by atoms with E-state index in [0.29, 0.717) is 61.2 Å². The third kappa shape index (κ3) is 7.75. The lowest BCUT2D eigenvalue weighted by Gasteiger charge is -2.35. The molecule has 2 amide bonds. The van der Waals surface area contributed by atoms with Crippen LogP contribution in [0.5, 0.6) is 5.75 Å². The van der Waals surface area contributed by atoms with E-state index in [4.69, 9.17) is 21.1 Å². The largest absolute Gasteiger partial charge is 0.482 e. The van der Waals surface area contributed by atoms with Crippen LogP contribution < -0.4 is 10.1 Å². The Labute approximate surface area is 244 Å². The van der Waals surface area contributed by atoms with Gasteiger partial charge in [-0.05, 0) is 57.7 Å². The number of piperazine rings is 1. The minimum Gasteiger partial charge on any atom is -0.482 e. The van der Waals surface area contributed by atoms with Crippen LogP contribution in [0, 0.1) is 5.92 Å². The van der Waals surface area contributed by atoms with Crippen LogP contribution in [0.15, 0.2) is 18.2 Å². The fourth-order valence-electron chi connectivity index (χ4n) is 4.68. The van der Waals surface area contributed by atoms with Crippen molar-refractivity contribution in [2.75, 3.05) is 44.6 Å². The van der Waals surface area contributed by atoms with E-state index in [2.05, 4.69) is 29.1 Å². The van der Waals surface area contributed by atoms with Crippen LogP contribution in [0.1, 0.15) is 58.7 Å². The summed E-state index contributed by atoms with van der Waals surface area (Å²) in [6.07, 6.45) is 0.296. The van der Waals surface area contributed by atoms with Gasteiger partial charge in [-0.2, -0.15) is 8.78 Å². The number of fused-ring (bicyclic) bond motifs is 1. The number of ether oxygens (including phenoxy) is 2. The summed E-state index contributed by atoms with van der Waals surface area (Å²) in [4.78, 5) is 36.9. The van der Waals surface area contributed by atoms with Gasteiger partial charge in [0.05, 0.1) is 10.7 Å². The number of amides is 2. The monoisotopic (exact) mass is 593 g/mol. The average Bonchev–Trinajstić information content (AvgIpc) is 3.20. The van der Waals surface area contributed by atoms with Gasteiger partial charge in [0.2, 0.25) is 5.95 Å². The Balaban J connectivity index is 1.41. The maximum absolute atomic E-state index is 14.6. The van der Waals surface area contributed by atoms with E-state index in [1.807, 2.05) is 20.8 Å². The second-order valence-electron chi connectivity index (χ2n) is 11.8. The van der Waals surface area contributed by atoms with Crippen molar-refractivity contribution in [1.29, 1.82) is 0 Å². The number of nitrogens with one attached hydrogen (secondary N) is 1. The lowest BCUT2D eigenvalue weighted by atomic mass is 10.0. The molecule has 0 saturated carbocycles. The summed E-state index contributed by atoms with van der Waals surface area (Å²) in [5.74, 6) is -2.36. The molecule has 2 aromatic rings. The normalized spacial score (nSPS) is 16.5. The Hall–Kier alpha value is -3.21. The predicted octanol–water partition coefficient (Wildman–Crippen LogP) is 5.75. The molecule has 1 fully saturated rings. The number of hydrogen-bond acceptors (Lipinski definition) is 7. The van der Waals surface area contributed by atoms with E-state index in [0.717, 1.165) is 6.42 Å². The Morgan fingerprint density at radius 3 is 2.44 bits per heavy atom. The van der Waals surface area contributed by atoms with Crippen LogP contribution in [0.4, 0.5) is 19.5 Å². The van der Waals surface area contributed by atoms with E-state index in [1.165, 1.54) is 0 Å². The van der Waals surface area contributed by atoms with Gasteiger partial charge in [-0.3, -0.25) is 4.79 Å². The first kappa shape index (κ1) is 30.7. The molecule has 1 N–H and O–H groups in total. The van der Waals surface area contributed by atoms with Crippen LogP contribution in [-0.4, -0.2) is 76.7 Å². The molecule has 2 heterocycles. The highest BCUT2D eigenvalue weighted by Gasteiger charge is 2.43. The van der Waals surface area contributed by atoms with Crippen LogP contribution >= 0.6 is 11.6 Å². The van der Waals surface area contributed by atoms with Gasteiger partial charge >= 0.3 is 6.09 Å². The van der Waals surface area contributed by atoms with Crippen molar-refractivity contribution in [2.45, 2.75) is 65.4 Å². The first-order valence-corrected chi connectivity index (χ1v) is 14.3. The number of alkyl halides is 2. The molecule has 0 atom stereocenters. The topological polar surface area (TPSA) is 96.9 Å². The highest BCUT2D eigenvalue weighted by atomic mass is 35.5. The van der Waals surface area contributed by atoms with Crippen LogP contribution in [0.25, 0.3) is 11.3 Å². The van der Waals surface area contributed by atoms with Gasteiger partial charge in [-0.1, -0.05) is 25.4 Å². The van der Waals surface area contributed by atoms with Crippen molar-refractivity contribution in [2.24, 2.45) is 5.92 Å². The van der Waals surface area contributed by atoms with Crippen molar-refractivity contribution >= 4 is 29.5 Å². The molecule has 12 heteroatoms. The molecule has 0 radical (unpaired) electrons. The van der Waals surface area contributed by atoms with Gasteiger partial charge in [-0.15, -0.1) is 0 Å². The molecular formula is C29H38ClF2N5O4. The lowest BCUT2D eigenvalue weighted by molar-refractivity contribution is -0.135. The van der Waals surface area contributed by atoms with Crippen LogP contribution in [-0.2, 0) is 21.9 Å². The number of carbonyl (C=O) groups excluding carboxylic acids is 2. The number of carbonyl (C=O) groups is 2. The summed E-state index contributed by atoms with van der Waals surface area (Å²) in [6, 6.07) is 4.92. The van der Waals surface area contributed by atoms with E-state index in [-0.39, 0.29) is 42.0 Å². The minimum atomic E-state index is -3.02. The summed E-state index contributed by atoms with van der Waals surface area (Å²) in [7, 11) is 0. The number of rotatable bonds is 8. The minimum absolute atomic E-state index is 0.162. The molecule has 1 saturated heterocycles. The molecule has 41 heavy (non-hydrogen) atoms. The molecule has 4 rings (SSSR count). The van der Waals surface area contributed by atoms with Gasteiger partial charge in [-0.25, -0.2) is 14.8 Å². The summed E-state index contributed by atoms with van der Waals surface area (Å²) < 4.78 is 40.4. The van der Waals surface area contributed by atoms with Crippen molar-refractivity contribution in [3.05, 3.63) is 34.5 Å². The fraction of sp³-hybridized carbons (Fsp3) is 0.586. The Morgan fingerprint density at radius 2 is 1.80 bits per heavy atom. The zero-order valence-electron chi connectivity index (χ0n) is 24.2. The van der Waals surface area contributed by atoms with E-state index in [1.54, 1.807) is 28.0 Å². The standard InChI is InChI=1S/C29H38ClF2N5O4/c1-18(2)9-11-33-26-34-24(20-8-10-29(31,32)25(20)35-26)19-6-7-22(21(30)16-19)40-17-23(38)36-12-14-37(15-13-36)27(39)41-28(3,4)5/h6-7,16,18H,8-15,17H2,1-5H3,(H,33,34,35). The summed E-state index contributed by atoms with van der Waals surface area (Å²) in [6.45, 7) is 11.4. The molecule has 2 aliphatic rings. The molecule has 0 unspecified atom stereocenters. The maximum Gasteiger partial charge on any atom is 0.410 e. The van der Waals surface area contributed by atoms with E-state index >= 15 is 0 Å². The molecule has 1 aromatic heterocycles. The maximum atomic E-state index is 14.6. The second-order valence-corrected chi connectivity index (χ2v) is 12.2.